The van der Waals surface area contributed by atoms with Crippen molar-refractivity contribution in [1.29, 1.82) is 0 Å². The Balaban J connectivity index is 1.59. The summed E-state index contributed by atoms with van der Waals surface area (Å²) in [5, 5.41) is 3.87. The van der Waals surface area contributed by atoms with Gasteiger partial charge in [-0.1, -0.05) is 30.3 Å². The normalized spacial score (nSPS) is 16.1. The second kappa shape index (κ2) is 8.49. The Morgan fingerprint density at radius 1 is 1.21 bits per heavy atom. The van der Waals surface area contributed by atoms with Gasteiger partial charge in [-0.15, -0.1) is 0 Å². The van der Waals surface area contributed by atoms with E-state index < -0.39 is 0 Å². The maximum atomic E-state index is 13.0. The second-order valence-electron chi connectivity index (χ2n) is 7.53. The third-order valence-corrected chi connectivity index (χ3v) is 5.20. The molecule has 1 fully saturated rings. The van der Waals surface area contributed by atoms with E-state index in [0.717, 1.165) is 35.0 Å². The zero-order valence-corrected chi connectivity index (χ0v) is 16.5. The van der Waals surface area contributed by atoms with Gasteiger partial charge in [-0.25, -0.2) is 4.79 Å². The summed E-state index contributed by atoms with van der Waals surface area (Å²) in [7, 11) is 0. The van der Waals surface area contributed by atoms with Gasteiger partial charge in [0.05, 0.1) is 12.6 Å². The van der Waals surface area contributed by atoms with E-state index in [0.29, 0.717) is 18.7 Å². The molecular weight excluding hydrogens is 366 g/mol. The highest BCUT2D eigenvalue weighted by Crippen LogP contribution is 2.18. The molecule has 6 nitrogen and oxygen atoms in total. The van der Waals surface area contributed by atoms with Gasteiger partial charge in [0, 0.05) is 29.9 Å². The minimum atomic E-state index is -0.241. The van der Waals surface area contributed by atoms with E-state index in [1.165, 1.54) is 0 Å². The Morgan fingerprint density at radius 2 is 2.03 bits per heavy atom. The summed E-state index contributed by atoms with van der Waals surface area (Å²) in [6.07, 6.45) is 1.91. The molecule has 29 heavy (non-hydrogen) atoms. The number of para-hydroxylation sites is 1. The van der Waals surface area contributed by atoms with Gasteiger partial charge in [0.2, 0.25) is 0 Å². The number of carbonyl (C=O) groups excluding carboxylic acids is 1. The third-order valence-electron chi connectivity index (χ3n) is 5.20. The van der Waals surface area contributed by atoms with Crippen LogP contribution in [0.15, 0.2) is 59.4 Å². The van der Waals surface area contributed by atoms with Crippen molar-refractivity contribution in [2.24, 2.45) is 0 Å². The molecule has 1 aliphatic rings. The van der Waals surface area contributed by atoms with Crippen molar-refractivity contribution in [3.05, 3.63) is 76.1 Å². The summed E-state index contributed by atoms with van der Waals surface area (Å²) in [4.78, 5) is 30.2. The number of pyridine rings is 1. The number of aromatic nitrogens is 1. The minimum absolute atomic E-state index is 0.00119. The molecular formula is C23H25N3O3. The van der Waals surface area contributed by atoms with E-state index >= 15 is 0 Å². The zero-order chi connectivity index (χ0) is 20.2. The molecule has 6 heteroatoms. The molecule has 1 saturated heterocycles. The first-order valence-corrected chi connectivity index (χ1v) is 9.93. The lowest BCUT2D eigenvalue weighted by Gasteiger charge is -2.25. The number of rotatable bonds is 5. The second-order valence-corrected chi connectivity index (χ2v) is 7.53. The van der Waals surface area contributed by atoms with Crippen LogP contribution in [0.3, 0.4) is 0 Å². The fraction of sp³-hybridized carbons (Fsp3) is 0.304. The number of hydrogen-bond acceptors (Lipinski definition) is 3. The van der Waals surface area contributed by atoms with Crippen LogP contribution in [0, 0.1) is 6.92 Å². The number of H-pyrrole nitrogens is 1. The molecule has 0 unspecified atom stereocenters. The lowest BCUT2D eigenvalue weighted by Crippen LogP contribution is -2.40. The Morgan fingerprint density at radius 3 is 2.79 bits per heavy atom. The summed E-state index contributed by atoms with van der Waals surface area (Å²) < 4.78 is 5.73. The van der Waals surface area contributed by atoms with E-state index in [1.807, 2.05) is 61.5 Å². The molecule has 3 aromatic rings. The average molecular weight is 391 g/mol. The average Bonchev–Trinajstić information content (AvgIpc) is 3.22. The van der Waals surface area contributed by atoms with Crippen molar-refractivity contribution in [1.82, 2.24) is 9.88 Å². The van der Waals surface area contributed by atoms with Gasteiger partial charge in [-0.05, 0) is 55.0 Å². The first-order chi connectivity index (χ1) is 14.1. The molecule has 4 rings (SSSR count). The van der Waals surface area contributed by atoms with Gasteiger partial charge in [0.1, 0.15) is 0 Å². The van der Waals surface area contributed by atoms with Gasteiger partial charge in [-0.2, -0.15) is 0 Å². The van der Waals surface area contributed by atoms with Crippen LogP contribution in [0.5, 0.6) is 0 Å². The monoisotopic (exact) mass is 391 g/mol. The number of aryl methyl sites for hydroxylation is 1. The van der Waals surface area contributed by atoms with Gasteiger partial charge in [0.25, 0.3) is 5.56 Å². The van der Waals surface area contributed by atoms with Crippen LogP contribution in [0.1, 0.15) is 24.0 Å². The highest BCUT2D eigenvalue weighted by Gasteiger charge is 2.24. The molecule has 0 bridgehead atoms. The first kappa shape index (κ1) is 19.2. The van der Waals surface area contributed by atoms with Gasteiger partial charge < -0.3 is 19.9 Å². The molecule has 150 valence electrons. The standard InChI is InChI=1S/C23H25N3O3/c1-16-9-10-17-13-18(22(27)25-21(17)12-16)14-26(15-20-8-5-11-29-20)23(28)24-19-6-3-2-4-7-19/h2-4,6-7,9-10,12-13,20H,5,8,11,14-15H2,1H3,(H,24,28)(H,25,27)/t20-/m1/s1. The van der Waals surface area contributed by atoms with E-state index in [-0.39, 0.29) is 24.2 Å². The molecule has 1 atom stereocenters. The van der Waals surface area contributed by atoms with Crippen LogP contribution in [-0.2, 0) is 11.3 Å². The highest BCUT2D eigenvalue weighted by atomic mass is 16.5. The van der Waals surface area contributed by atoms with Crippen molar-refractivity contribution >= 4 is 22.6 Å². The summed E-state index contributed by atoms with van der Waals surface area (Å²) in [5.41, 5.74) is 2.99. The number of ether oxygens (including phenoxy) is 1. The van der Waals surface area contributed by atoms with E-state index in [2.05, 4.69) is 10.3 Å². The number of anilines is 1. The topological polar surface area (TPSA) is 74.4 Å². The Labute approximate surface area is 169 Å². The summed E-state index contributed by atoms with van der Waals surface area (Å²) in [5.74, 6) is 0. The fourth-order valence-electron chi connectivity index (χ4n) is 3.66. The molecule has 2 amide bonds. The SMILES string of the molecule is Cc1ccc2cc(CN(C[C@H]3CCCO3)C(=O)Nc3ccccc3)c(=O)[nH]c2c1. The third kappa shape index (κ3) is 4.66. The Kier molecular flexibility index (Phi) is 5.62. The summed E-state index contributed by atoms with van der Waals surface area (Å²) in [6, 6.07) is 16.9. The molecule has 2 aromatic carbocycles. The zero-order valence-electron chi connectivity index (χ0n) is 16.5. The van der Waals surface area contributed by atoms with Crippen LogP contribution in [0.25, 0.3) is 10.9 Å². The fourth-order valence-corrected chi connectivity index (χ4v) is 3.66. The van der Waals surface area contributed by atoms with Crippen molar-refractivity contribution in [3.63, 3.8) is 0 Å². The Bertz CT molecular complexity index is 1060. The van der Waals surface area contributed by atoms with Crippen molar-refractivity contribution < 1.29 is 9.53 Å². The minimum Gasteiger partial charge on any atom is -0.376 e. The molecule has 0 saturated carbocycles. The number of nitrogens with zero attached hydrogens (tertiary/aromatic N) is 1. The summed E-state index contributed by atoms with van der Waals surface area (Å²) >= 11 is 0. The van der Waals surface area contributed by atoms with E-state index in [4.69, 9.17) is 4.74 Å². The number of amides is 2. The van der Waals surface area contributed by atoms with Crippen LogP contribution in [-0.4, -0.2) is 35.2 Å². The van der Waals surface area contributed by atoms with Gasteiger partial charge >= 0.3 is 6.03 Å². The van der Waals surface area contributed by atoms with E-state index in [1.54, 1.807) is 4.90 Å². The largest absolute Gasteiger partial charge is 0.376 e. The number of aromatic amines is 1. The number of nitrogens with one attached hydrogen (secondary N) is 2. The maximum Gasteiger partial charge on any atom is 0.322 e. The highest BCUT2D eigenvalue weighted by molar-refractivity contribution is 5.89. The molecule has 1 aromatic heterocycles. The van der Waals surface area contributed by atoms with Gasteiger partial charge in [0.15, 0.2) is 0 Å². The predicted molar refractivity (Wildman–Crippen MR) is 114 cm³/mol. The molecule has 0 spiro atoms. The quantitative estimate of drug-likeness (QED) is 0.689. The number of hydrogen-bond donors (Lipinski definition) is 2. The van der Waals surface area contributed by atoms with Crippen LogP contribution < -0.4 is 10.9 Å². The van der Waals surface area contributed by atoms with Crippen LogP contribution in [0.4, 0.5) is 10.5 Å². The molecule has 2 heterocycles. The van der Waals surface area contributed by atoms with Crippen molar-refractivity contribution in [2.75, 3.05) is 18.5 Å². The molecule has 1 aliphatic heterocycles. The lowest BCUT2D eigenvalue weighted by atomic mass is 10.1. The smallest absolute Gasteiger partial charge is 0.322 e. The number of benzene rings is 2. The number of urea groups is 1. The molecule has 0 aliphatic carbocycles. The van der Waals surface area contributed by atoms with Crippen molar-refractivity contribution in [2.45, 2.75) is 32.4 Å². The summed E-state index contributed by atoms with van der Waals surface area (Å²) in [6.45, 7) is 3.37. The first-order valence-electron chi connectivity index (χ1n) is 9.93. The van der Waals surface area contributed by atoms with E-state index in [9.17, 15) is 9.59 Å². The number of fused-ring (bicyclic) bond motifs is 1. The number of carbonyl (C=O) groups is 1. The molecule has 0 radical (unpaired) electrons. The Hall–Kier alpha value is -3.12. The molecule has 2 N–H and O–H groups in total. The van der Waals surface area contributed by atoms with Crippen LogP contribution in [0.2, 0.25) is 0 Å². The lowest BCUT2D eigenvalue weighted by molar-refractivity contribution is 0.0818. The van der Waals surface area contributed by atoms with Gasteiger partial charge in [-0.3, -0.25) is 4.79 Å². The van der Waals surface area contributed by atoms with Crippen molar-refractivity contribution in [3.8, 4) is 0 Å². The maximum absolute atomic E-state index is 13.0. The van der Waals surface area contributed by atoms with Crippen LogP contribution >= 0.6 is 0 Å². The predicted octanol–water partition coefficient (Wildman–Crippen LogP) is 4.05.